The lowest BCUT2D eigenvalue weighted by Crippen LogP contribution is -2.45. The highest BCUT2D eigenvalue weighted by molar-refractivity contribution is 8.00. The molecule has 534 valence electrons. The Morgan fingerprint density at radius 2 is 0.845 bits per heavy atom. The van der Waals surface area contributed by atoms with Gasteiger partial charge in [0.2, 0.25) is 0 Å². The van der Waals surface area contributed by atoms with E-state index >= 15 is 0 Å². The predicted octanol–water partition coefficient (Wildman–Crippen LogP) is -0.00630. The normalized spacial score (nSPS) is 30.4. The van der Waals surface area contributed by atoms with Crippen LogP contribution in [0.4, 0.5) is 23.3 Å². The number of anilines is 4. The third-order valence-electron chi connectivity index (χ3n) is 19.5. The van der Waals surface area contributed by atoms with Gasteiger partial charge in [-0.1, -0.05) is 66.7 Å². The van der Waals surface area contributed by atoms with E-state index in [0.29, 0.717) is 79.8 Å². The number of hydrogen-bond donors (Lipinski definition) is 11. The first-order valence-electron chi connectivity index (χ1n) is 32.4. The molecule has 2 amide bonds. The number of amides is 2. The van der Waals surface area contributed by atoms with Gasteiger partial charge in [-0.15, -0.1) is 11.8 Å². The quantitative estimate of drug-likeness (QED) is 0.0643. The molecule has 8 fully saturated rings. The van der Waals surface area contributed by atoms with E-state index in [1.54, 1.807) is 91.2 Å². The fraction of sp³-hybridized carbons (Fsp3) is 0.385. The highest BCUT2D eigenvalue weighted by Gasteiger charge is 2.65. The maximum Gasteiger partial charge on any atom is 0.256 e. The fourth-order valence-electron chi connectivity index (χ4n) is 13.9. The van der Waals surface area contributed by atoms with E-state index < -0.39 is 90.0 Å². The number of thioether (sulfide) groups is 1. The molecule has 37 nitrogen and oxygen atoms in total. The van der Waals surface area contributed by atoms with Crippen LogP contribution < -0.4 is 22.1 Å². The zero-order valence-electron chi connectivity index (χ0n) is 54.0. The third kappa shape index (κ3) is 11.5. The number of aliphatic hydroxyl groups excluding tert-OH is 7. The Labute approximate surface area is 584 Å². The monoisotopic (exact) mass is 1430 g/mol. The van der Waals surface area contributed by atoms with E-state index in [9.17, 15) is 45.3 Å². The van der Waals surface area contributed by atoms with Crippen LogP contribution in [0, 0.1) is 0 Å². The average molecular weight is 1430 g/mol. The third-order valence-corrected chi connectivity index (χ3v) is 21.0. The van der Waals surface area contributed by atoms with Gasteiger partial charge in [-0.05, 0) is 29.8 Å². The van der Waals surface area contributed by atoms with Gasteiger partial charge >= 0.3 is 0 Å². The minimum Gasteiger partial charge on any atom is -0.393 e. The number of ether oxygens (including phenoxy) is 8. The summed E-state index contributed by atoms with van der Waals surface area (Å²) in [4.78, 5) is 75.0. The Morgan fingerprint density at radius 3 is 1.29 bits per heavy atom. The van der Waals surface area contributed by atoms with Crippen LogP contribution in [0.1, 0.15) is 51.2 Å². The number of carbonyl (C=O) groups is 2. The molecule has 8 aliphatic rings. The van der Waals surface area contributed by atoms with Crippen LogP contribution in [0.3, 0.4) is 0 Å². The van der Waals surface area contributed by atoms with Crippen molar-refractivity contribution in [1.82, 2.24) is 78.1 Å². The van der Waals surface area contributed by atoms with E-state index in [-0.39, 0.29) is 74.9 Å². The molecule has 16 atom stereocenters. The van der Waals surface area contributed by atoms with E-state index in [2.05, 4.69) is 70.4 Å². The molecular weight excluding hydrogens is 1360 g/mol. The van der Waals surface area contributed by atoms with Gasteiger partial charge in [-0.2, -0.15) is 0 Å². The number of nitrogens with one attached hydrogen (secondary N) is 2. The van der Waals surface area contributed by atoms with Crippen molar-refractivity contribution in [1.29, 1.82) is 0 Å². The lowest BCUT2D eigenvalue weighted by atomic mass is 10.00. The SMILES string of the molecule is Nc1ncnc2c1ncn2[C@@H]1O[C@@]2(CO)COC1[C@H]2O.Nc1ncnc2c1ncn2[C@@H]1O[C@@]2(CO)COC1[C@H]2OCc1ccccc1.O=C(Nc1ncnc2c1ncn2[C@@H]1O[C@@]2(CO)COC1[C@H]2O)c1ccccc1.O=C(Nc1ncnc2c1ncn2[C@@H]1O[C@]2(CO)CSC1[C@@H]2O)c1ccccc1. The number of nitrogens with two attached hydrogens (primary N) is 2. The van der Waals surface area contributed by atoms with Gasteiger partial charge < -0.3 is 95.7 Å². The van der Waals surface area contributed by atoms with Crippen LogP contribution >= 0.6 is 11.8 Å². The highest BCUT2D eigenvalue weighted by Crippen LogP contribution is 2.53. The van der Waals surface area contributed by atoms with Crippen LogP contribution in [-0.2, 0) is 44.5 Å². The first-order chi connectivity index (χ1) is 50.1. The lowest BCUT2D eigenvalue weighted by Gasteiger charge is -2.29. The van der Waals surface area contributed by atoms with Crippen LogP contribution in [0.25, 0.3) is 44.7 Å². The molecule has 8 aromatic heterocycles. The molecule has 13 N–H and O–H groups in total. The minimum absolute atomic E-state index is 0.117. The minimum atomic E-state index is -1.15. The Kier molecular flexibility index (Phi) is 17.8. The molecule has 0 aliphatic carbocycles. The topological polar surface area (TPSA) is 500 Å². The maximum atomic E-state index is 12.5. The van der Waals surface area contributed by atoms with Crippen molar-refractivity contribution in [2.75, 3.05) is 74.1 Å². The van der Waals surface area contributed by atoms with Crippen molar-refractivity contribution < 1.29 is 83.2 Å². The summed E-state index contributed by atoms with van der Waals surface area (Å²) in [5.41, 5.74) is 13.3. The Hall–Kier alpha value is -9.85. The molecular formula is C65H66N20O17S. The molecule has 3 aromatic carbocycles. The van der Waals surface area contributed by atoms with E-state index in [4.69, 9.17) is 49.4 Å². The Bertz CT molecular complexity index is 4770. The van der Waals surface area contributed by atoms with Gasteiger partial charge in [-0.25, -0.2) is 59.8 Å². The van der Waals surface area contributed by atoms with Gasteiger partial charge in [0.1, 0.15) is 101 Å². The van der Waals surface area contributed by atoms with Crippen LogP contribution in [0.5, 0.6) is 0 Å². The molecule has 0 spiro atoms. The van der Waals surface area contributed by atoms with E-state index in [1.165, 1.54) is 38.0 Å². The summed E-state index contributed by atoms with van der Waals surface area (Å²) in [6.07, 6.45) is 4.54. The summed E-state index contributed by atoms with van der Waals surface area (Å²) < 4.78 is 53.8. The number of benzene rings is 3. The molecule has 103 heavy (non-hydrogen) atoms. The number of imidazole rings is 4. The zero-order chi connectivity index (χ0) is 70.9. The molecule has 19 rings (SSSR count). The molecule has 8 bridgehead atoms. The summed E-state index contributed by atoms with van der Waals surface area (Å²) in [5, 5.41) is 75.1. The first kappa shape index (κ1) is 67.6. The Morgan fingerprint density at radius 1 is 0.466 bits per heavy atom. The number of aliphatic hydroxyl groups is 7. The molecule has 38 heteroatoms. The first-order valence-corrected chi connectivity index (χ1v) is 33.4. The molecule has 8 saturated heterocycles. The number of carbonyl (C=O) groups excluding carboxylic acids is 2. The summed E-state index contributed by atoms with van der Waals surface area (Å²) in [7, 11) is 0. The molecule has 16 heterocycles. The zero-order valence-corrected chi connectivity index (χ0v) is 54.8. The standard InChI is InChI=1S/C18H17N5O5.C18H17N5O4S.C18H19N5O4.C11H13N5O4/c24-6-18-7-27-12(13(18)25)17(28-18)23-9-21-11-14(19-8-20-15(11)23)22-16(26)10-4-2-1-3-5-10;24-6-18-7-28-12(13(18)25)17(27-18)23-9-21-11-14(19-8-20-15(11)23)22-16(26)10-4-2-1-3-5-10;19-15-12-16(21-9-20-15)23(10-22-12)17-13-14(18(7-24,27-17)8-26-13)25-6-11-4-2-1-3-5-11;12-8-5-9(14-3-13-8)16(4-15-5)10-6-7(18)11(1-17,20-10)2-19-6/h2*1-5,8-9,12-13,17,24-25H,6-7H2,(H,19,20,22,26);1-5,9-10,13-14,17,24H,6-8H2,(H2,19,20,21);3-4,6-7,10,17-18H,1-2H2,(H2,12,13,14)/t12?,13-,17-,18+;12?,13-,17+,18+;13?,14-,17-,18+;6?,7-,10-,11+/m1011/s1. The van der Waals surface area contributed by atoms with Crippen molar-refractivity contribution in [3.05, 3.63) is 158 Å². The summed E-state index contributed by atoms with van der Waals surface area (Å²) in [5.74, 6) is 1.06. The van der Waals surface area contributed by atoms with Crippen molar-refractivity contribution >= 4 is 91.5 Å². The summed E-state index contributed by atoms with van der Waals surface area (Å²) >= 11 is 1.55. The number of fused-ring (bicyclic) bond motifs is 12. The second kappa shape index (κ2) is 27.1. The number of hydrogen-bond acceptors (Lipinski definition) is 32. The molecule has 0 saturated carbocycles. The van der Waals surface area contributed by atoms with E-state index in [1.807, 2.05) is 42.5 Å². The van der Waals surface area contributed by atoms with Crippen molar-refractivity contribution in [3.8, 4) is 0 Å². The fourth-order valence-corrected chi connectivity index (χ4v) is 15.5. The van der Waals surface area contributed by atoms with Gasteiger partial charge in [-0.3, -0.25) is 27.9 Å². The number of nitrogens with zero attached hydrogens (tertiary/aromatic N) is 16. The second-order valence-corrected chi connectivity index (χ2v) is 26.6. The Balaban J connectivity index is 0.000000107. The lowest BCUT2D eigenvalue weighted by molar-refractivity contribution is -0.187. The maximum absolute atomic E-state index is 12.5. The van der Waals surface area contributed by atoms with Crippen LogP contribution in [-0.4, -0.2) is 248 Å². The van der Waals surface area contributed by atoms with Crippen molar-refractivity contribution in [3.63, 3.8) is 0 Å². The van der Waals surface area contributed by atoms with Gasteiger partial charge in [0.15, 0.2) is 81.8 Å². The van der Waals surface area contributed by atoms with Gasteiger partial charge in [0.05, 0.1) is 83.4 Å². The molecule has 0 radical (unpaired) electrons. The van der Waals surface area contributed by atoms with Crippen LogP contribution in [0.15, 0.2) is 142 Å². The molecule has 8 aliphatic heterocycles. The largest absolute Gasteiger partial charge is 0.393 e. The van der Waals surface area contributed by atoms with E-state index in [0.717, 1.165) is 5.56 Å². The predicted molar refractivity (Wildman–Crippen MR) is 357 cm³/mol. The smallest absolute Gasteiger partial charge is 0.256 e. The summed E-state index contributed by atoms with van der Waals surface area (Å²) in [6.45, 7) is -0.179. The number of rotatable bonds is 15. The van der Waals surface area contributed by atoms with Gasteiger partial charge in [0.25, 0.3) is 11.8 Å². The van der Waals surface area contributed by atoms with Crippen molar-refractivity contribution in [2.45, 2.75) is 102 Å². The van der Waals surface area contributed by atoms with Crippen molar-refractivity contribution in [2.24, 2.45) is 0 Å². The number of nitrogen functional groups attached to an aromatic ring is 2. The second-order valence-electron chi connectivity index (χ2n) is 25.5. The van der Waals surface area contributed by atoms with Gasteiger partial charge in [0, 0.05) is 16.9 Å². The number of aromatic nitrogens is 16. The average Bonchev–Trinajstić information content (AvgIpc) is 1.60. The molecule has 11 aromatic rings. The summed E-state index contributed by atoms with van der Waals surface area (Å²) in [6, 6.07) is 27.4. The highest BCUT2D eigenvalue weighted by atomic mass is 32.2. The van der Waals surface area contributed by atoms with Crippen LogP contribution in [0.2, 0.25) is 0 Å². The molecule has 4 unspecified atom stereocenters.